The number of piperidine rings is 1. The molecular formula is C22H24FN5O3. The first kappa shape index (κ1) is 20.8. The zero-order chi connectivity index (χ0) is 22.0. The van der Waals surface area contributed by atoms with Gasteiger partial charge in [0.15, 0.2) is 5.82 Å². The Morgan fingerprint density at radius 3 is 2.71 bits per heavy atom. The molecule has 9 heteroatoms. The van der Waals surface area contributed by atoms with Crippen LogP contribution in [0.5, 0.6) is 0 Å². The van der Waals surface area contributed by atoms with Crippen LogP contribution in [0, 0.1) is 18.7 Å². The first-order chi connectivity index (χ1) is 14.9. The number of hydrogen-bond acceptors (Lipinski definition) is 5. The van der Waals surface area contributed by atoms with Gasteiger partial charge in [-0.1, -0.05) is 24.2 Å². The molecule has 0 atom stereocenters. The SMILES string of the molecule is Cc1cc(NC(=O)c2cc(-c3ccccc3F)no2)nn1CC(=O)N1CCC(C)CC1. The molecule has 1 saturated heterocycles. The molecule has 2 aromatic heterocycles. The van der Waals surface area contributed by atoms with E-state index in [1.54, 1.807) is 28.9 Å². The van der Waals surface area contributed by atoms with Crippen LogP contribution in [0.1, 0.15) is 36.0 Å². The molecule has 1 aliphatic heterocycles. The number of carbonyl (C=O) groups excluding carboxylic acids is 2. The maximum Gasteiger partial charge on any atom is 0.295 e. The Balaban J connectivity index is 1.41. The molecule has 1 fully saturated rings. The zero-order valence-corrected chi connectivity index (χ0v) is 17.5. The molecule has 0 radical (unpaired) electrons. The number of carbonyl (C=O) groups is 2. The van der Waals surface area contributed by atoms with Crippen molar-refractivity contribution in [3.8, 4) is 11.3 Å². The predicted molar refractivity (Wildman–Crippen MR) is 112 cm³/mol. The maximum atomic E-state index is 13.9. The maximum absolute atomic E-state index is 13.9. The molecule has 31 heavy (non-hydrogen) atoms. The number of nitrogens with zero attached hydrogens (tertiary/aromatic N) is 4. The summed E-state index contributed by atoms with van der Waals surface area (Å²) in [5.41, 5.74) is 1.22. The van der Waals surface area contributed by atoms with Crippen molar-refractivity contribution in [2.75, 3.05) is 18.4 Å². The monoisotopic (exact) mass is 425 g/mol. The van der Waals surface area contributed by atoms with Gasteiger partial charge in [-0.25, -0.2) is 4.39 Å². The molecule has 0 saturated carbocycles. The summed E-state index contributed by atoms with van der Waals surface area (Å²) in [6.07, 6.45) is 2.02. The molecule has 1 aliphatic rings. The third-order valence-corrected chi connectivity index (χ3v) is 5.53. The van der Waals surface area contributed by atoms with Gasteiger partial charge in [-0.05, 0) is 37.8 Å². The molecule has 0 bridgehead atoms. The van der Waals surface area contributed by atoms with Crippen molar-refractivity contribution in [1.29, 1.82) is 0 Å². The largest absolute Gasteiger partial charge is 0.350 e. The van der Waals surface area contributed by atoms with E-state index < -0.39 is 11.7 Å². The fourth-order valence-electron chi connectivity index (χ4n) is 3.57. The topological polar surface area (TPSA) is 93.3 Å². The lowest BCUT2D eigenvalue weighted by molar-refractivity contribution is -0.133. The second kappa shape index (κ2) is 8.71. The normalized spacial score (nSPS) is 14.6. The van der Waals surface area contributed by atoms with Crippen LogP contribution in [0.15, 0.2) is 40.9 Å². The molecule has 8 nitrogen and oxygen atoms in total. The fraction of sp³-hybridized carbons (Fsp3) is 0.364. The number of amides is 2. The number of hydrogen-bond donors (Lipinski definition) is 1. The lowest BCUT2D eigenvalue weighted by atomic mass is 9.99. The Bertz CT molecular complexity index is 1100. The van der Waals surface area contributed by atoms with Gasteiger partial charge < -0.3 is 14.7 Å². The van der Waals surface area contributed by atoms with Crippen LogP contribution < -0.4 is 5.32 Å². The molecule has 2 amide bonds. The number of likely N-dealkylation sites (tertiary alicyclic amines) is 1. The molecular weight excluding hydrogens is 401 g/mol. The smallest absolute Gasteiger partial charge is 0.295 e. The average molecular weight is 425 g/mol. The Labute approximate surface area is 179 Å². The summed E-state index contributed by atoms with van der Waals surface area (Å²) < 4.78 is 20.6. The fourth-order valence-corrected chi connectivity index (χ4v) is 3.57. The number of halogens is 1. The van der Waals surface area contributed by atoms with Crippen molar-refractivity contribution in [1.82, 2.24) is 19.8 Å². The standard InChI is InChI=1S/C22H24FN5O3/c1-14-7-9-27(10-8-14)21(29)13-28-15(2)11-20(25-28)24-22(30)19-12-18(26-31-19)16-5-3-4-6-17(16)23/h3-6,11-12,14H,7-10,13H2,1-2H3,(H,24,25,30). The van der Waals surface area contributed by atoms with Crippen LogP contribution in [-0.2, 0) is 11.3 Å². The highest BCUT2D eigenvalue weighted by molar-refractivity contribution is 6.02. The van der Waals surface area contributed by atoms with Gasteiger partial charge in [-0.2, -0.15) is 5.10 Å². The molecule has 3 heterocycles. The van der Waals surface area contributed by atoms with E-state index in [-0.39, 0.29) is 29.5 Å². The van der Waals surface area contributed by atoms with E-state index in [0.717, 1.165) is 31.6 Å². The van der Waals surface area contributed by atoms with E-state index in [4.69, 9.17) is 4.52 Å². The number of aryl methyl sites for hydroxylation is 1. The first-order valence-corrected chi connectivity index (χ1v) is 10.3. The Kier molecular flexibility index (Phi) is 5.83. The first-order valence-electron chi connectivity index (χ1n) is 10.3. The van der Waals surface area contributed by atoms with Gasteiger partial charge in [0.05, 0.1) is 0 Å². The molecule has 4 rings (SSSR count). The number of aromatic nitrogens is 3. The van der Waals surface area contributed by atoms with Gasteiger partial charge in [-0.3, -0.25) is 14.3 Å². The van der Waals surface area contributed by atoms with Crippen LogP contribution in [0.4, 0.5) is 10.2 Å². The van der Waals surface area contributed by atoms with Gasteiger partial charge in [0.2, 0.25) is 11.7 Å². The average Bonchev–Trinajstić information content (AvgIpc) is 3.36. The van der Waals surface area contributed by atoms with Crippen molar-refractivity contribution in [2.45, 2.75) is 33.2 Å². The van der Waals surface area contributed by atoms with Gasteiger partial charge >= 0.3 is 0 Å². The van der Waals surface area contributed by atoms with E-state index in [9.17, 15) is 14.0 Å². The summed E-state index contributed by atoms with van der Waals surface area (Å²) in [6, 6.07) is 9.16. The minimum atomic E-state index is -0.559. The van der Waals surface area contributed by atoms with Gasteiger partial charge in [-0.15, -0.1) is 0 Å². The van der Waals surface area contributed by atoms with Crippen LogP contribution in [0.25, 0.3) is 11.3 Å². The van der Waals surface area contributed by atoms with Crippen LogP contribution in [0.3, 0.4) is 0 Å². The third-order valence-electron chi connectivity index (χ3n) is 5.53. The lowest BCUT2D eigenvalue weighted by Gasteiger charge is -2.30. The van der Waals surface area contributed by atoms with Gasteiger partial charge in [0.25, 0.3) is 5.91 Å². The number of anilines is 1. The van der Waals surface area contributed by atoms with Crippen molar-refractivity contribution >= 4 is 17.6 Å². The number of nitrogens with one attached hydrogen (secondary N) is 1. The molecule has 0 unspecified atom stereocenters. The Hall–Kier alpha value is -3.49. The third kappa shape index (κ3) is 4.65. The Morgan fingerprint density at radius 2 is 1.97 bits per heavy atom. The van der Waals surface area contributed by atoms with E-state index in [2.05, 4.69) is 22.5 Å². The summed E-state index contributed by atoms with van der Waals surface area (Å²) in [7, 11) is 0. The Morgan fingerprint density at radius 1 is 1.23 bits per heavy atom. The predicted octanol–water partition coefficient (Wildman–Crippen LogP) is 3.50. The van der Waals surface area contributed by atoms with Crippen molar-refractivity contribution in [2.24, 2.45) is 5.92 Å². The minimum Gasteiger partial charge on any atom is -0.350 e. The zero-order valence-electron chi connectivity index (χ0n) is 17.5. The molecule has 0 aliphatic carbocycles. The highest BCUT2D eigenvalue weighted by Gasteiger charge is 2.22. The summed E-state index contributed by atoms with van der Waals surface area (Å²) in [6.45, 7) is 5.66. The summed E-state index contributed by atoms with van der Waals surface area (Å²) in [4.78, 5) is 26.9. The highest BCUT2D eigenvalue weighted by Crippen LogP contribution is 2.23. The lowest BCUT2D eigenvalue weighted by Crippen LogP contribution is -2.40. The quantitative estimate of drug-likeness (QED) is 0.675. The highest BCUT2D eigenvalue weighted by atomic mass is 19.1. The van der Waals surface area contributed by atoms with Gasteiger partial charge in [0, 0.05) is 36.5 Å². The second-order valence-electron chi connectivity index (χ2n) is 7.90. The molecule has 162 valence electrons. The summed E-state index contributed by atoms with van der Waals surface area (Å²) in [5, 5.41) is 10.7. The molecule has 3 aromatic rings. The van der Waals surface area contributed by atoms with E-state index >= 15 is 0 Å². The van der Waals surface area contributed by atoms with Gasteiger partial charge in [0.1, 0.15) is 18.1 Å². The van der Waals surface area contributed by atoms with Crippen molar-refractivity contribution in [3.63, 3.8) is 0 Å². The van der Waals surface area contributed by atoms with Crippen LogP contribution in [0.2, 0.25) is 0 Å². The van der Waals surface area contributed by atoms with Crippen molar-refractivity contribution in [3.05, 3.63) is 53.7 Å². The number of benzene rings is 1. The van der Waals surface area contributed by atoms with Crippen molar-refractivity contribution < 1.29 is 18.5 Å². The van der Waals surface area contributed by atoms with Crippen LogP contribution >= 0.6 is 0 Å². The second-order valence-corrected chi connectivity index (χ2v) is 7.90. The van der Waals surface area contributed by atoms with E-state index in [1.165, 1.54) is 12.1 Å². The molecule has 1 aromatic carbocycles. The molecule has 0 spiro atoms. The van der Waals surface area contributed by atoms with Crippen LogP contribution in [-0.4, -0.2) is 44.7 Å². The van der Waals surface area contributed by atoms with E-state index in [1.807, 2.05) is 11.8 Å². The summed E-state index contributed by atoms with van der Waals surface area (Å²) in [5.74, 6) is -0.121. The number of rotatable bonds is 5. The minimum absolute atomic E-state index is 0.0146. The summed E-state index contributed by atoms with van der Waals surface area (Å²) >= 11 is 0. The van der Waals surface area contributed by atoms with E-state index in [0.29, 0.717) is 11.7 Å². The molecule has 1 N–H and O–H groups in total.